The lowest BCUT2D eigenvalue weighted by Crippen LogP contribution is -2.39. The van der Waals surface area contributed by atoms with Crippen LogP contribution in [0.25, 0.3) is 0 Å². The number of hydrogen-bond acceptors (Lipinski definition) is 4. The van der Waals surface area contributed by atoms with E-state index >= 15 is 0 Å². The van der Waals surface area contributed by atoms with Crippen molar-refractivity contribution in [1.82, 2.24) is 0 Å². The predicted octanol–water partition coefficient (Wildman–Crippen LogP) is 1.74. The smallest absolute Gasteiger partial charge is 0.345 e. The van der Waals surface area contributed by atoms with Gasteiger partial charge in [0.2, 0.25) is 0 Å². The Morgan fingerprint density at radius 3 is 2.41 bits per heavy atom. The third kappa shape index (κ3) is 3.67. The Hall–Kier alpha value is -1.68. The van der Waals surface area contributed by atoms with E-state index in [4.69, 9.17) is 10.5 Å². The summed E-state index contributed by atoms with van der Waals surface area (Å²) in [6.45, 7) is 3.77. The SMILES string of the molecule is CC[C@H](C)[C@H](N)C(=O)OC(=O)c1ccccc1. The van der Waals surface area contributed by atoms with Crippen molar-refractivity contribution in [3.05, 3.63) is 35.9 Å². The lowest BCUT2D eigenvalue weighted by Gasteiger charge is -2.15. The van der Waals surface area contributed by atoms with Crippen molar-refractivity contribution in [3.63, 3.8) is 0 Å². The van der Waals surface area contributed by atoms with Crippen LogP contribution >= 0.6 is 0 Å². The Morgan fingerprint density at radius 1 is 1.29 bits per heavy atom. The van der Waals surface area contributed by atoms with Gasteiger partial charge in [0.25, 0.3) is 0 Å². The number of carbonyl (C=O) groups is 2. The average Bonchev–Trinajstić information content (AvgIpc) is 2.37. The van der Waals surface area contributed by atoms with E-state index in [1.54, 1.807) is 30.3 Å². The van der Waals surface area contributed by atoms with Gasteiger partial charge in [-0.15, -0.1) is 0 Å². The molecule has 1 aromatic carbocycles. The maximum atomic E-state index is 11.6. The summed E-state index contributed by atoms with van der Waals surface area (Å²) in [6.07, 6.45) is 0.760. The molecule has 0 aliphatic carbocycles. The minimum atomic E-state index is -0.757. The molecule has 0 spiro atoms. The van der Waals surface area contributed by atoms with Crippen molar-refractivity contribution in [1.29, 1.82) is 0 Å². The molecule has 0 saturated carbocycles. The molecule has 0 bridgehead atoms. The summed E-state index contributed by atoms with van der Waals surface area (Å²) in [5.74, 6) is -1.34. The number of ether oxygens (including phenoxy) is 1. The molecule has 0 fully saturated rings. The highest BCUT2D eigenvalue weighted by atomic mass is 16.6. The van der Waals surface area contributed by atoms with E-state index in [1.807, 2.05) is 13.8 Å². The largest absolute Gasteiger partial charge is 0.388 e. The molecule has 0 aliphatic rings. The molecule has 4 nitrogen and oxygen atoms in total. The molecule has 1 aromatic rings. The molecule has 2 N–H and O–H groups in total. The maximum absolute atomic E-state index is 11.6. The minimum Gasteiger partial charge on any atom is -0.388 e. The first-order valence-electron chi connectivity index (χ1n) is 5.63. The third-order valence-corrected chi connectivity index (χ3v) is 2.73. The number of esters is 2. The first-order valence-corrected chi connectivity index (χ1v) is 5.63. The molecule has 0 saturated heterocycles. The Bertz CT molecular complexity index is 389. The molecule has 0 unspecified atom stereocenters. The predicted molar refractivity (Wildman–Crippen MR) is 64.3 cm³/mol. The summed E-state index contributed by atoms with van der Waals surface area (Å²) in [5, 5.41) is 0. The van der Waals surface area contributed by atoms with Crippen molar-refractivity contribution in [2.75, 3.05) is 0 Å². The normalized spacial score (nSPS) is 13.8. The standard InChI is InChI=1S/C13H17NO3/c1-3-9(2)11(14)13(16)17-12(15)10-7-5-4-6-8-10/h4-9,11H,3,14H2,1-2H3/t9-,11-/m0/s1. The molecule has 4 heteroatoms. The van der Waals surface area contributed by atoms with Crippen LogP contribution in [0.15, 0.2) is 30.3 Å². The molecule has 0 amide bonds. The van der Waals surface area contributed by atoms with E-state index in [1.165, 1.54) is 0 Å². The highest BCUT2D eigenvalue weighted by molar-refractivity contribution is 5.98. The lowest BCUT2D eigenvalue weighted by molar-refractivity contribution is -0.140. The Labute approximate surface area is 101 Å². The number of rotatable bonds is 4. The molecule has 0 radical (unpaired) electrons. The second kappa shape index (κ2) is 6.15. The van der Waals surface area contributed by atoms with Gasteiger partial charge in [-0.1, -0.05) is 38.5 Å². The van der Waals surface area contributed by atoms with Crippen LogP contribution in [0.3, 0.4) is 0 Å². The van der Waals surface area contributed by atoms with E-state index in [2.05, 4.69) is 0 Å². The van der Waals surface area contributed by atoms with Crippen LogP contribution in [0.4, 0.5) is 0 Å². The minimum absolute atomic E-state index is 0.00827. The lowest BCUT2D eigenvalue weighted by atomic mass is 10.0. The molecule has 0 heterocycles. The van der Waals surface area contributed by atoms with Crippen LogP contribution in [-0.4, -0.2) is 18.0 Å². The van der Waals surface area contributed by atoms with Gasteiger partial charge < -0.3 is 10.5 Å². The number of carbonyl (C=O) groups excluding carboxylic acids is 2. The Balaban J connectivity index is 2.61. The van der Waals surface area contributed by atoms with Crippen LogP contribution in [0.5, 0.6) is 0 Å². The summed E-state index contributed by atoms with van der Waals surface area (Å²) in [6, 6.07) is 7.61. The summed E-state index contributed by atoms with van der Waals surface area (Å²) in [5.41, 5.74) is 6.02. The van der Waals surface area contributed by atoms with Gasteiger partial charge in [-0.25, -0.2) is 9.59 Å². The number of hydrogen-bond donors (Lipinski definition) is 1. The zero-order valence-electron chi connectivity index (χ0n) is 10.1. The number of benzene rings is 1. The molecule has 92 valence electrons. The van der Waals surface area contributed by atoms with Crippen LogP contribution in [0, 0.1) is 5.92 Å². The quantitative estimate of drug-likeness (QED) is 0.637. The summed E-state index contributed by atoms with van der Waals surface area (Å²) in [7, 11) is 0. The second-order valence-corrected chi connectivity index (χ2v) is 3.99. The fourth-order valence-electron chi connectivity index (χ4n) is 1.28. The summed E-state index contributed by atoms with van der Waals surface area (Å²) < 4.78 is 4.72. The molecule has 0 aromatic heterocycles. The van der Waals surface area contributed by atoms with Crippen molar-refractivity contribution < 1.29 is 14.3 Å². The summed E-state index contributed by atoms with van der Waals surface area (Å²) in [4.78, 5) is 23.1. The van der Waals surface area contributed by atoms with Crippen molar-refractivity contribution in [2.45, 2.75) is 26.3 Å². The number of nitrogens with two attached hydrogens (primary N) is 1. The fraction of sp³-hybridized carbons (Fsp3) is 0.385. The average molecular weight is 235 g/mol. The molecular formula is C13H17NO3. The fourth-order valence-corrected chi connectivity index (χ4v) is 1.28. The molecule has 17 heavy (non-hydrogen) atoms. The van der Waals surface area contributed by atoms with Gasteiger partial charge in [-0.05, 0) is 18.1 Å². The van der Waals surface area contributed by atoms with E-state index in [0.29, 0.717) is 5.56 Å². The molecule has 2 atom stereocenters. The van der Waals surface area contributed by atoms with Crippen LogP contribution in [-0.2, 0) is 9.53 Å². The van der Waals surface area contributed by atoms with Gasteiger partial charge in [-0.2, -0.15) is 0 Å². The highest BCUT2D eigenvalue weighted by Gasteiger charge is 2.23. The molecule has 0 aliphatic heterocycles. The van der Waals surface area contributed by atoms with Crippen LogP contribution in [0.2, 0.25) is 0 Å². The topological polar surface area (TPSA) is 69.4 Å². The van der Waals surface area contributed by atoms with E-state index < -0.39 is 18.0 Å². The highest BCUT2D eigenvalue weighted by Crippen LogP contribution is 2.08. The summed E-state index contributed by atoms with van der Waals surface area (Å²) >= 11 is 0. The van der Waals surface area contributed by atoms with Gasteiger partial charge in [0.1, 0.15) is 6.04 Å². The van der Waals surface area contributed by atoms with Crippen LogP contribution < -0.4 is 5.73 Å². The van der Waals surface area contributed by atoms with Crippen LogP contribution in [0.1, 0.15) is 30.6 Å². The van der Waals surface area contributed by atoms with Gasteiger partial charge in [0, 0.05) is 0 Å². The van der Waals surface area contributed by atoms with E-state index in [-0.39, 0.29) is 5.92 Å². The second-order valence-electron chi connectivity index (χ2n) is 3.99. The van der Waals surface area contributed by atoms with E-state index in [9.17, 15) is 9.59 Å². The maximum Gasteiger partial charge on any atom is 0.345 e. The Morgan fingerprint density at radius 2 is 1.88 bits per heavy atom. The molecular weight excluding hydrogens is 218 g/mol. The van der Waals surface area contributed by atoms with Gasteiger partial charge >= 0.3 is 11.9 Å². The van der Waals surface area contributed by atoms with Crippen molar-refractivity contribution in [3.8, 4) is 0 Å². The molecule has 1 rings (SSSR count). The van der Waals surface area contributed by atoms with Gasteiger partial charge in [0.15, 0.2) is 0 Å². The Kier molecular flexibility index (Phi) is 4.84. The monoisotopic (exact) mass is 235 g/mol. The first-order chi connectivity index (χ1) is 8.06. The zero-order chi connectivity index (χ0) is 12.8. The van der Waals surface area contributed by atoms with Crippen molar-refractivity contribution in [2.24, 2.45) is 11.7 Å². The van der Waals surface area contributed by atoms with Gasteiger partial charge in [0.05, 0.1) is 5.56 Å². The first kappa shape index (κ1) is 13.4. The van der Waals surface area contributed by atoms with Crippen molar-refractivity contribution >= 4 is 11.9 Å². The third-order valence-electron chi connectivity index (χ3n) is 2.73. The van der Waals surface area contributed by atoms with Gasteiger partial charge in [-0.3, -0.25) is 0 Å². The zero-order valence-corrected chi connectivity index (χ0v) is 10.1. The van der Waals surface area contributed by atoms with E-state index in [0.717, 1.165) is 6.42 Å².